The molecule has 4 heterocycles. The number of piperazine rings is 1. The van der Waals surface area contributed by atoms with Crippen LogP contribution in [0.25, 0.3) is 0 Å². The zero-order valence-corrected chi connectivity index (χ0v) is 18.1. The van der Waals surface area contributed by atoms with Crippen molar-refractivity contribution in [1.29, 1.82) is 0 Å². The minimum absolute atomic E-state index is 0.0600. The third-order valence-corrected chi connectivity index (χ3v) is 5.71. The Morgan fingerprint density at radius 1 is 1.29 bits per heavy atom. The number of nitrogens with one attached hydrogen (secondary N) is 1. The number of aryl methyl sites for hydroxylation is 1. The van der Waals surface area contributed by atoms with E-state index in [4.69, 9.17) is 14.1 Å². The zero-order valence-electron chi connectivity index (χ0n) is 18.1. The van der Waals surface area contributed by atoms with Crippen molar-refractivity contribution in [1.82, 2.24) is 29.9 Å². The van der Waals surface area contributed by atoms with Crippen LogP contribution in [0.3, 0.4) is 0 Å². The fourth-order valence-corrected chi connectivity index (χ4v) is 3.95. The third kappa shape index (κ3) is 5.43. The molecule has 2 aromatic rings. The molecule has 0 aliphatic carbocycles. The second-order valence-corrected chi connectivity index (χ2v) is 7.78. The van der Waals surface area contributed by atoms with Crippen molar-refractivity contribution < 1.29 is 13.9 Å². The van der Waals surface area contributed by atoms with E-state index in [1.807, 2.05) is 4.90 Å². The Balaban J connectivity index is 1.34. The summed E-state index contributed by atoms with van der Waals surface area (Å²) in [6.45, 7) is 7.74. The summed E-state index contributed by atoms with van der Waals surface area (Å²) < 4.78 is 13.1. The van der Waals surface area contributed by atoms with Gasteiger partial charge in [-0.15, -0.1) is 10.2 Å². The highest BCUT2D eigenvalue weighted by molar-refractivity contribution is 5.91. The molecule has 0 spiro atoms. The maximum atomic E-state index is 12.5. The molecule has 2 aliphatic heterocycles. The lowest BCUT2D eigenvalue weighted by molar-refractivity contribution is 0.0657. The predicted octanol–water partition coefficient (Wildman–Crippen LogP) is 1.02. The quantitative estimate of drug-likeness (QED) is 0.518. The summed E-state index contributed by atoms with van der Waals surface area (Å²) >= 11 is 0. The highest BCUT2D eigenvalue weighted by atomic mass is 16.5. The van der Waals surface area contributed by atoms with E-state index in [0.29, 0.717) is 25.4 Å². The van der Waals surface area contributed by atoms with Gasteiger partial charge in [0, 0.05) is 52.3 Å². The molecule has 4 rings (SSSR count). The summed E-state index contributed by atoms with van der Waals surface area (Å²) in [5.74, 6) is 2.17. The first-order valence-corrected chi connectivity index (χ1v) is 11.1. The maximum absolute atomic E-state index is 12.5. The fraction of sp³-hybridized carbons (Fsp3) is 0.619. The molecule has 1 atom stereocenters. The van der Waals surface area contributed by atoms with Gasteiger partial charge in [-0.3, -0.25) is 9.79 Å². The van der Waals surface area contributed by atoms with Crippen LogP contribution in [0.15, 0.2) is 34.1 Å². The number of hydrogen-bond acceptors (Lipinski definition) is 6. The van der Waals surface area contributed by atoms with E-state index < -0.39 is 0 Å². The maximum Gasteiger partial charge on any atom is 0.289 e. The average molecular weight is 430 g/mol. The molecule has 2 fully saturated rings. The molecule has 10 nitrogen and oxygen atoms in total. The van der Waals surface area contributed by atoms with Crippen molar-refractivity contribution in [2.45, 2.75) is 38.8 Å². The van der Waals surface area contributed by atoms with Crippen molar-refractivity contribution in [3.63, 3.8) is 0 Å². The number of furan rings is 1. The van der Waals surface area contributed by atoms with Gasteiger partial charge in [-0.1, -0.05) is 6.92 Å². The van der Waals surface area contributed by atoms with Crippen LogP contribution in [0.4, 0.5) is 0 Å². The first kappa shape index (κ1) is 21.4. The van der Waals surface area contributed by atoms with Crippen molar-refractivity contribution in [3.8, 4) is 0 Å². The van der Waals surface area contributed by atoms with Gasteiger partial charge in [-0.05, 0) is 25.0 Å². The summed E-state index contributed by atoms with van der Waals surface area (Å²) in [5, 5.41) is 11.6. The van der Waals surface area contributed by atoms with Gasteiger partial charge in [0.1, 0.15) is 12.2 Å². The Bertz CT molecular complexity index is 850. The molecule has 0 bridgehead atoms. The van der Waals surface area contributed by atoms with E-state index in [1.54, 1.807) is 18.5 Å². The molecule has 1 amide bonds. The minimum atomic E-state index is -0.0600. The smallest absolute Gasteiger partial charge is 0.289 e. The van der Waals surface area contributed by atoms with E-state index in [1.165, 1.54) is 6.26 Å². The molecule has 2 aliphatic rings. The normalized spacial score (nSPS) is 19.8. The second kappa shape index (κ2) is 10.4. The van der Waals surface area contributed by atoms with Gasteiger partial charge in [0.25, 0.3) is 5.91 Å². The molecule has 168 valence electrons. The minimum Gasteiger partial charge on any atom is -0.459 e. The van der Waals surface area contributed by atoms with Gasteiger partial charge in [-0.2, -0.15) is 0 Å². The Labute approximate surface area is 182 Å². The largest absolute Gasteiger partial charge is 0.459 e. The van der Waals surface area contributed by atoms with Crippen LogP contribution in [-0.2, 0) is 17.7 Å². The molecule has 2 saturated heterocycles. The van der Waals surface area contributed by atoms with Crippen molar-refractivity contribution >= 4 is 11.9 Å². The molecular formula is C21H31N7O3. The van der Waals surface area contributed by atoms with Crippen LogP contribution >= 0.6 is 0 Å². The molecule has 0 aromatic carbocycles. The summed E-state index contributed by atoms with van der Waals surface area (Å²) in [4.78, 5) is 21.4. The number of carbonyl (C=O) groups is 1. The Kier molecular flexibility index (Phi) is 7.18. The number of guanidine groups is 1. The zero-order chi connectivity index (χ0) is 21.5. The van der Waals surface area contributed by atoms with Crippen molar-refractivity contribution in [2.75, 3.05) is 45.9 Å². The molecular weight excluding hydrogens is 398 g/mol. The summed E-state index contributed by atoms with van der Waals surface area (Å²) in [6, 6.07) is 3.45. The van der Waals surface area contributed by atoms with Gasteiger partial charge in [-0.25, -0.2) is 0 Å². The second-order valence-electron chi connectivity index (χ2n) is 7.78. The number of carbonyl (C=O) groups excluding carboxylic acids is 1. The number of hydrogen-bond donors (Lipinski definition) is 1. The number of ether oxygens (including phenoxy) is 1. The van der Waals surface area contributed by atoms with Crippen molar-refractivity contribution in [2.24, 2.45) is 4.99 Å². The van der Waals surface area contributed by atoms with Crippen molar-refractivity contribution in [3.05, 3.63) is 36.3 Å². The van der Waals surface area contributed by atoms with Crippen LogP contribution in [0.5, 0.6) is 0 Å². The molecule has 2 aromatic heterocycles. The molecule has 1 N–H and O–H groups in total. The molecule has 31 heavy (non-hydrogen) atoms. The van der Waals surface area contributed by atoms with E-state index in [2.05, 4.69) is 31.9 Å². The van der Waals surface area contributed by atoms with Crippen LogP contribution in [0, 0.1) is 0 Å². The molecule has 0 saturated carbocycles. The van der Waals surface area contributed by atoms with E-state index in [9.17, 15) is 4.79 Å². The first-order chi connectivity index (χ1) is 15.2. The van der Waals surface area contributed by atoms with E-state index in [0.717, 1.165) is 63.8 Å². The SMILES string of the molecule is CCc1nncn1CCNC(=NCC1CCCO1)N1CCN(C(=O)c2ccco2)CC1. The first-order valence-electron chi connectivity index (χ1n) is 11.1. The Morgan fingerprint density at radius 3 is 2.84 bits per heavy atom. The number of aromatic nitrogens is 3. The van der Waals surface area contributed by atoms with Gasteiger partial charge >= 0.3 is 0 Å². The summed E-state index contributed by atoms with van der Waals surface area (Å²) in [5.41, 5.74) is 0. The summed E-state index contributed by atoms with van der Waals surface area (Å²) in [6.07, 6.45) is 6.51. The number of aliphatic imine (C=N–C) groups is 1. The highest BCUT2D eigenvalue weighted by Gasteiger charge is 2.25. The lowest BCUT2D eigenvalue weighted by atomic mass is 10.2. The number of nitrogens with zero attached hydrogens (tertiary/aromatic N) is 6. The fourth-order valence-electron chi connectivity index (χ4n) is 3.95. The van der Waals surface area contributed by atoms with E-state index in [-0.39, 0.29) is 12.0 Å². The molecule has 0 radical (unpaired) electrons. The Hall–Kier alpha value is -2.88. The van der Waals surface area contributed by atoms with Crippen LogP contribution in [0.1, 0.15) is 36.1 Å². The predicted molar refractivity (Wildman–Crippen MR) is 115 cm³/mol. The topological polar surface area (TPSA) is 101 Å². The van der Waals surface area contributed by atoms with Crippen LogP contribution in [0.2, 0.25) is 0 Å². The van der Waals surface area contributed by atoms with Gasteiger partial charge in [0.05, 0.1) is 18.9 Å². The monoisotopic (exact) mass is 429 g/mol. The standard InChI is InChI=1S/C21H31N7O3/c1-2-19-25-24-16-28(19)8-7-22-21(23-15-17-5-3-13-30-17)27-11-9-26(10-12-27)20(29)18-6-4-14-31-18/h4,6,14,16-17H,2-3,5,7-13,15H2,1H3,(H,22,23). The van der Waals surface area contributed by atoms with Gasteiger partial charge in [0.2, 0.25) is 0 Å². The average Bonchev–Trinajstić information content (AvgIpc) is 3.58. The summed E-state index contributed by atoms with van der Waals surface area (Å²) in [7, 11) is 0. The van der Waals surface area contributed by atoms with Gasteiger partial charge in [0.15, 0.2) is 11.7 Å². The molecule has 1 unspecified atom stereocenters. The Morgan fingerprint density at radius 2 is 2.13 bits per heavy atom. The number of amides is 1. The highest BCUT2D eigenvalue weighted by Crippen LogP contribution is 2.13. The molecule has 10 heteroatoms. The third-order valence-electron chi connectivity index (χ3n) is 5.71. The van der Waals surface area contributed by atoms with Crippen LogP contribution in [-0.4, -0.2) is 88.4 Å². The van der Waals surface area contributed by atoms with Gasteiger partial charge < -0.3 is 28.8 Å². The number of rotatable bonds is 7. The van der Waals surface area contributed by atoms with E-state index >= 15 is 0 Å². The van der Waals surface area contributed by atoms with Crippen LogP contribution < -0.4 is 5.32 Å². The lowest BCUT2D eigenvalue weighted by Crippen LogP contribution is -2.54. The lowest BCUT2D eigenvalue weighted by Gasteiger charge is -2.36.